The van der Waals surface area contributed by atoms with Crippen molar-refractivity contribution in [3.63, 3.8) is 0 Å². The normalized spacial score (nSPS) is 16.7. The molecule has 4 rings (SSSR count). The average Bonchev–Trinajstić information content (AvgIpc) is 3.09. The number of aryl methyl sites for hydroxylation is 1. The van der Waals surface area contributed by atoms with Crippen molar-refractivity contribution < 1.29 is 27.2 Å². The molecule has 1 N–H and O–H groups in total. The number of benzene rings is 2. The summed E-state index contributed by atoms with van der Waals surface area (Å²) in [7, 11) is 0. The summed E-state index contributed by atoms with van der Waals surface area (Å²) >= 11 is 0. The van der Waals surface area contributed by atoms with Gasteiger partial charge in [0.15, 0.2) is 0 Å². The molecule has 1 saturated heterocycles. The van der Waals surface area contributed by atoms with Crippen molar-refractivity contribution in [2.24, 2.45) is 5.92 Å². The quantitative estimate of drug-likeness (QED) is 0.635. The number of nitrogens with one attached hydrogen (secondary N) is 1. The average molecular weight is 430 g/mol. The third kappa shape index (κ3) is 4.16. The first kappa shape index (κ1) is 20.6. The number of anilines is 2. The lowest BCUT2D eigenvalue weighted by Crippen LogP contribution is -2.28. The molecule has 1 aromatic heterocycles. The van der Waals surface area contributed by atoms with Crippen LogP contribution < -0.4 is 15.8 Å². The Hall–Kier alpha value is -3.62. The summed E-state index contributed by atoms with van der Waals surface area (Å²) in [6, 6.07) is 10.7. The van der Waals surface area contributed by atoms with Gasteiger partial charge in [0.1, 0.15) is 5.58 Å². The Morgan fingerprint density at radius 2 is 1.90 bits per heavy atom. The van der Waals surface area contributed by atoms with Gasteiger partial charge in [0, 0.05) is 41.9 Å². The Balaban J connectivity index is 1.51. The summed E-state index contributed by atoms with van der Waals surface area (Å²) in [5.74, 6) is -1.61. The maximum absolute atomic E-state index is 13.0. The largest absolute Gasteiger partial charge is 0.423 e. The Morgan fingerprint density at radius 1 is 1.13 bits per heavy atom. The van der Waals surface area contributed by atoms with E-state index in [2.05, 4.69) is 5.32 Å². The molecule has 9 heteroatoms. The molecule has 0 bridgehead atoms. The van der Waals surface area contributed by atoms with E-state index >= 15 is 0 Å². The highest BCUT2D eigenvalue weighted by Gasteiger charge is 2.37. The molecule has 2 amide bonds. The van der Waals surface area contributed by atoms with E-state index in [0.717, 1.165) is 23.1 Å². The SMILES string of the molecule is Cc1cc(=O)oc2cc(NC(=O)[C@H]3CC(=O)N(c4cccc(C(F)(F)F)c4)C3)ccc12. The van der Waals surface area contributed by atoms with E-state index in [0.29, 0.717) is 11.3 Å². The van der Waals surface area contributed by atoms with Crippen molar-refractivity contribution in [1.29, 1.82) is 0 Å². The van der Waals surface area contributed by atoms with Crippen LogP contribution in [0.3, 0.4) is 0 Å². The van der Waals surface area contributed by atoms with Crippen molar-refractivity contribution in [3.05, 3.63) is 70.1 Å². The predicted molar refractivity (Wildman–Crippen MR) is 108 cm³/mol. The van der Waals surface area contributed by atoms with Crippen LogP contribution in [0.1, 0.15) is 17.5 Å². The summed E-state index contributed by atoms with van der Waals surface area (Å²) in [6.45, 7) is 1.73. The van der Waals surface area contributed by atoms with Crippen LogP contribution in [0.5, 0.6) is 0 Å². The van der Waals surface area contributed by atoms with Gasteiger partial charge in [-0.05, 0) is 42.8 Å². The molecule has 31 heavy (non-hydrogen) atoms. The zero-order valence-corrected chi connectivity index (χ0v) is 16.3. The van der Waals surface area contributed by atoms with Gasteiger partial charge in [-0.3, -0.25) is 9.59 Å². The molecule has 2 aromatic carbocycles. The van der Waals surface area contributed by atoms with E-state index in [9.17, 15) is 27.6 Å². The van der Waals surface area contributed by atoms with E-state index in [4.69, 9.17) is 4.42 Å². The zero-order valence-electron chi connectivity index (χ0n) is 16.3. The van der Waals surface area contributed by atoms with Gasteiger partial charge < -0.3 is 14.6 Å². The van der Waals surface area contributed by atoms with Crippen molar-refractivity contribution in [1.82, 2.24) is 0 Å². The van der Waals surface area contributed by atoms with Gasteiger partial charge in [0.2, 0.25) is 11.8 Å². The maximum atomic E-state index is 13.0. The van der Waals surface area contributed by atoms with Crippen LogP contribution in [0.15, 0.2) is 57.7 Å². The molecule has 1 aliphatic rings. The third-order valence-corrected chi connectivity index (χ3v) is 5.20. The molecule has 2 heterocycles. The smallest absolute Gasteiger partial charge is 0.416 e. The Labute approximate surface area is 174 Å². The fraction of sp³-hybridized carbons (Fsp3) is 0.227. The Morgan fingerprint density at radius 3 is 2.65 bits per heavy atom. The number of carbonyl (C=O) groups is 2. The number of hydrogen-bond acceptors (Lipinski definition) is 4. The molecule has 0 radical (unpaired) electrons. The number of amides is 2. The van der Waals surface area contributed by atoms with E-state index in [-0.39, 0.29) is 18.7 Å². The third-order valence-electron chi connectivity index (χ3n) is 5.20. The minimum atomic E-state index is -4.53. The second-order valence-electron chi connectivity index (χ2n) is 7.40. The maximum Gasteiger partial charge on any atom is 0.416 e. The van der Waals surface area contributed by atoms with E-state index in [1.165, 1.54) is 29.2 Å². The van der Waals surface area contributed by atoms with Crippen LogP contribution >= 0.6 is 0 Å². The number of halogens is 3. The zero-order chi connectivity index (χ0) is 22.3. The lowest BCUT2D eigenvalue weighted by atomic mass is 10.1. The fourth-order valence-corrected chi connectivity index (χ4v) is 3.63. The summed E-state index contributed by atoms with van der Waals surface area (Å²) in [4.78, 5) is 37.8. The van der Waals surface area contributed by atoms with Crippen LogP contribution in [0.2, 0.25) is 0 Å². The molecule has 0 aliphatic carbocycles. The summed E-state index contributed by atoms with van der Waals surface area (Å²) in [5.41, 5.74) is 0.165. The first-order chi connectivity index (χ1) is 14.6. The number of hydrogen-bond donors (Lipinski definition) is 1. The standard InChI is InChI=1S/C22H17F3N2O4/c1-12-7-20(29)31-18-10-15(5-6-17(12)18)26-21(30)13-8-19(28)27(11-13)16-4-2-3-14(9-16)22(23,24)25/h2-7,9-10,13H,8,11H2,1H3,(H,26,30)/t13-/m0/s1. The lowest BCUT2D eigenvalue weighted by Gasteiger charge is -2.18. The number of rotatable bonds is 3. The molecule has 0 unspecified atom stereocenters. The molecule has 0 spiro atoms. The molecular formula is C22H17F3N2O4. The highest BCUT2D eigenvalue weighted by Crippen LogP contribution is 2.33. The monoisotopic (exact) mass is 430 g/mol. The molecule has 6 nitrogen and oxygen atoms in total. The van der Waals surface area contributed by atoms with Crippen molar-refractivity contribution >= 4 is 34.2 Å². The number of fused-ring (bicyclic) bond motifs is 1. The van der Waals surface area contributed by atoms with Gasteiger partial charge in [-0.1, -0.05) is 6.07 Å². The Kier molecular flexibility index (Phi) is 5.04. The minimum Gasteiger partial charge on any atom is -0.423 e. The van der Waals surface area contributed by atoms with Crippen LogP contribution in [0.4, 0.5) is 24.5 Å². The van der Waals surface area contributed by atoms with Crippen LogP contribution in [0.25, 0.3) is 11.0 Å². The minimum absolute atomic E-state index is 0.0340. The van der Waals surface area contributed by atoms with Crippen LogP contribution in [-0.4, -0.2) is 18.4 Å². The molecule has 1 aliphatic heterocycles. The molecular weight excluding hydrogens is 413 g/mol. The van der Waals surface area contributed by atoms with E-state index < -0.39 is 35.1 Å². The fourth-order valence-electron chi connectivity index (χ4n) is 3.63. The number of carbonyl (C=O) groups excluding carboxylic acids is 2. The van der Waals surface area contributed by atoms with Crippen LogP contribution in [0, 0.1) is 12.8 Å². The Bertz CT molecular complexity index is 1250. The van der Waals surface area contributed by atoms with E-state index in [1.807, 2.05) is 0 Å². The predicted octanol–water partition coefficient (Wildman–Crippen LogP) is 4.11. The highest BCUT2D eigenvalue weighted by atomic mass is 19.4. The molecule has 0 saturated carbocycles. The summed E-state index contributed by atoms with van der Waals surface area (Å²) in [6.07, 6.45) is -4.65. The van der Waals surface area contributed by atoms with Gasteiger partial charge in [0.05, 0.1) is 11.5 Å². The molecule has 1 fully saturated rings. The van der Waals surface area contributed by atoms with Gasteiger partial charge in [-0.15, -0.1) is 0 Å². The molecule has 3 aromatic rings. The van der Waals surface area contributed by atoms with Gasteiger partial charge in [-0.25, -0.2) is 4.79 Å². The molecule has 1 atom stereocenters. The van der Waals surface area contributed by atoms with Gasteiger partial charge in [-0.2, -0.15) is 13.2 Å². The van der Waals surface area contributed by atoms with E-state index in [1.54, 1.807) is 19.1 Å². The van der Waals surface area contributed by atoms with Gasteiger partial charge >= 0.3 is 11.8 Å². The van der Waals surface area contributed by atoms with Crippen molar-refractivity contribution in [2.75, 3.05) is 16.8 Å². The summed E-state index contributed by atoms with van der Waals surface area (Å²) < 4.78 is 44.1. The first-order valence-electron chi connectivity index (χ1n) is 9.45. The number of nitrogens with zero attached hydrogens (tertiary/aromatic N) is 1. The van der Waals surface area contributed by atoms with Crippen molar-refractivity contribution in [2.45, 2.75) is 19.5 Å². The number of alkyl halides is 3. The highest BCUT2D eigenvalue weighted by molar-refractivity contribution is 6.04. The topological polar surface area (TPSA) is 79.6 Å². The first-order valence-corrected chi connectivity index (χ1v) is 9.45. The van der Waals surface area contributed by atoms with Crippen LogP contribution in [-0.2, 0) is 15.8 Å². The van der Waals surface area contributed by atoms with Crippen molar-refractivity contribution in [3.8, 4) is 0 Å². The second kappa shape index (κ2) is 7.57. The summed E-state index contributed by atoms with van der Waals surface area (Å²) in [5, 5.41) is 3.41. The second-order valence-corrected chi connectivity index (χ2v) is 7.40. The lowest BCUT2D eigenvalue weighted by molar-refractivity contribution is -0.137. The molecule has 160 valence electrons. The van der Waals surface area contributed by atoms with Gasteiger partial charge in [0.25, 0.3) is 0 Å².